The molecule has 0 bridgehead atoms. The average molecular weight is 306 g/mol. The van der Waals surface area contributed by atoms with Gasteiger partial charge in [-0.05, 0) is 20.0 Å². The van der Waals surface area contributed by atoms with Crippen LogP contribution in [0, 0.1) is 6.92 Å². The number of hydrogen-bond donors (Lipinski definition) is 1. The van der Waals surface area contributed by atoms with Gasteiger partial charge in [0.15, 0.2) is 0 Å². The number of H-pyrrole nitrogens is 1. The van der Waals surface area contributed by atoms with Crippen molar-refractivity contribution in [1.29, 1.82) is 0 Å². The average Bonchev–Trinajstić information content (AvgIpc) is 2.95. The molecule has 0 spiro atoms. The van der Waals surface area contributed by atoms with E-state index in [1.54, 1.807) is 0 Å². The Labute approximate surface area is 132 Å². The van der Waals surface area contributed by atoms with E-state index in [0.29, 0.717) is 19.7 Å². The number of aromatic nitrogens is 1. The number of rotatable bonds is 3. The van der Waals surface area contributed by atoms with E-state index in [2.05, 4.69) is 21.8 Å². The maximum atomic E-state index is 12.6. The first-order valence-electron chi connectivity index (χ1n) is 8.09. The fourth-order valence-corrected chi connectivity index (χ4v) is 3.19. The van der Waals surface area contributed by atoms with E-state index in [4.69, 9.17) is 4.74 Å². The molecule has 1 unspecified atom stereocenters. The lowest BCUT2D eigenvalue weighted by Gasteiger charge is -2.38. The minimum absolute atomic E-state index is 0.116. The number of piperazine rings is 1. The van der Waals surface area contributed by atoms with Gasteiger partial charge in [0, 0.05) is 57.7 Å². The van der Waals surface area contributed by atoms with Gasteiger partial charge >= 0.3 is 0 Å². The van der Waals surface area contributed by atoms with Gasteiger partial charge in [-0.1, -0.05) is 0 Å². The van der Waals surface area contributed by atoms with Crippen LogP contribution >= 0.6 is 0 Å². The van der Waals surface area contributed by atoms with Crippen LogP contribution in [0.25, 0.3) is 0 Å². The van der Waals surface area contributed by atoms with E-state index >= 15 is 0 Å². The zero-order valence-electron chi connectivity index (χ0n) is 13.5. The summed E-state index contributed by atoms with van der Waals surface area (Å²) >= 11 is 0. The third kappa shape index (κ3) is 3.51. The second-order valence-electron chi connectivity index (χ2n) is 6.36. The summed E-state index contributed by atoms with van der Waals surface area (Å²) in [5, 5.41) is 0. The number of ether oxygens (including phenoxy) is 1. The van der Waals surface area contributed by atoms with Gasteiger partial charge in [-0.15, -0.1) is 0 Å². The first kappa shape index (κ1) is 15.5. The zero-order chi connectivity index (χ0) is 15.5. The molecular weight excluding hydrogens is 280 g/mol. The molecule has 6 nitrogen and oxygen atoms in total. The van der Waals surface area contributed by atoms with E-state index in [0.717, 1.165) is 44.0 Å². The van der Waals surface area contributed by atoms with E-state index in [1.165, 1.54) is 0 Å². The number of likely N-dealkylation sites (N-methyl/N-ethyl adjacent to an activating group) is 1. The van der Waals surface area contributed by atoms with Crippen LogP contribution in [0.3, 0.4) is 0 Å². The van der Waals surface area contributed by atoms with Crippen LogP contribution in [0.4, 0.5) is 0 Å². The number of aryl methyl sites for hydroxylation is 1. The van der Waals surface area contributed by atoms with Crippen LogP contribution in [0.2, 0.25) is 0 Å². The van der Waals surface area contributed by atoms with Gasteiger partial charge in [-0.25, -0.2) is 0 Å². The number of nitrogens with one attached hydrogen (secondary N) is 1. The lowest BCUT2D eigenvalue weighted by Crippen LogP contribution is -2.52. The highest BCUT2D eigenvalue weighted by Gasteiger charge is 2.28. The third-order valence-electron chi connectivity index (χ3n) is 4.67. The molecule has 0 aliphatic carbocycles. The van der Waals surface area contributed by atoms with E-state index in [9.17, 15) is 4.79 Å². The van der Waals surface area contributed by atoms with Gasteiger partial charge in [0.2, 0.25) is 0 Å². The summed E-state index contributed by atoms with van der Waals surface area (Å²) in [6.07, 6.45) is 1.95. The Balaban J connectivity index is 1.55. The molecule has 3 rings (SSSR count). The molecule has 3 heterocycles. The predicted octanol–water partition coefficient (Wildman–Crippen LogP) is 0.412. The number of hydrogen-bond acceptors (Lipinski definition) is 4. The molecule has 0 aromatic carbocycles. The second-order valence-corrected chi connectivity index (χ2v) is 6.36. The van der Waals surface area contributed by atoms with Crippen LogP contribution in [0.15, 0.2) is 12.3 Å². The fraction of sp³-hybridized carbons (Fsp3) is 0.688. The normalized spacial score (nSPS) is 24.6. The monoisotopic (exact) mass is 306 g/mol. The van der Waals surface area contributed by atoms with Crippen LogP contribution in [-0.2, 0) is 4.74 Å². The van der Waals surface area contributed by atoms with Gasteiger partial charge in [0.25, 0.3) is 5.91 Å². The van der Waals surface area contributed by atoms with Crippen LogP contribution in [0.1, 0.15) is 16.1 Å². The summed E-state index contributed by atoms with van der Waals surface area (Å²) < 4.78 is 5.88. The number of morpholine rings is 1. The minimum Gasteiger partial charge on any atom is -0.373 e. The molecule has 1 aromatic rings. The summed E-state index contributed by atoms with van der Waals surface area (Å²) in [7, 11) is 2.16. The van der Waals surface area contributed by atoms with Crippen molar-refractivity contribution >= 4 is 5.91 Å². The molecule has 1 amide bonds. The summed E-state index contributed by atoms with van der Waals surface area (Å²) in [5.74, 6) is 0.116. The van der Waals surface area contributed by atoms with Crippen molar-refractivity contribution in [1.82, 2.24) is 19.7 Å². The summed E-state index contributed by atoms with van der Waals surface area (Å²) in [6.45, 7) is 9.25. The molecule has 2 saturated heterocycles. The Hall–Kier alpha value is -1.37. The van der Waals surface area contributed by atoms with Crippen LogP contribution < -0.4 is 0 Å². The molecular formula is C16H26N4O2. The molecule has 0 radical (unpaired) electrons. The minimum atomic E-state index is 0.116. The summed E-state index contributed by atoms with van der Waals surface area (Å²) in [6, 6.07) is 1.86. The van der Waals surface area contributed by atoms with Gasteiger partial charge in [0.05, 0.1) is 18.3 Å². The lowest BCUT2D eigenvalue weighted by molar-refractivity contribution is -0.0400. The molecule has 22 heavy (non-hydrogen) atoms. The Morgan fingerprint density at radius 2 is 2.09 bits per heavy atom. The predicted molar refractivity (Wildman–Crippen MR) is 85.1 cm³/mol. The van der Waals surface area contributed by atoms with Crippen molar-refractivity contribution < 1.29 is 9.53 Å². The van der Waals surface area contributed by atoms with Gasteiger partial charge in [-0.3, -0.25) is 9.69 Å². The smallest absolute Gasteiger partial charge is 0.255 e. The third-order valence-corrected chi connectivity index (χ3v) is 4.67. The lowest BCUT2D eigenvalue weighted by atomic mass is 10.2. The fourth-order valence-electron chi connectivity index (χ4n) is 3.19. The molecule has 122 valence electrons. The number of aromatic amines is 1. The number of amides is 1. The van der Waals surface area contributed by atoms with Crippen LogP contribution in [-0.4, -0.2) is 91.2 Å². The highest BCUT2D eigenvalue weighted by molar-refractivity contribution is 5.95. The number of carbonyl (C=O) groups is 1. The quantitative estimate of drug-likeness (QED) is 0.879. The second kappa shape index (κ2) is 6.81. The maximum Gasteiger partial charge on any atom is 0.255 e. The standard InChI is InChI=1S/C16H26N4O2/c1-13-15(3-4-17-13)16(21)20-9-10-22-14(12-20)11-19-7-5-18(2)6-8-19/h3-4,14,17H,5-12H2,1-2H3. The van der Waals surface area contributed by atoms with Crippen molar-refractivity contribution in [3.63, 3.8) is 0 Å². The van der Waals surface area contributed by atoms with Gasteiger partial charge < -0.3 is 19.5 Å². The Morgan fingerprint density at radius 3 is 2.77 bits per heavy atom. The zero-order valence-corrected chi connectivity index (χ0v) is 13.5. The van der Waals surface area contributed by atoms with Crippen molar-refractivity contribution in [2.24, 2.45) is 0 Å². The number of nitrogens with zero attached hydrogens (tertiary/aromatic N) is 3. The van der Waals surface area contributed by atoms with E-state index < -0.39 is 0 Å². The van der Waals surface area contributed by atoms with Crippen molar-refractivity contribution in [3.8, 4) is 0 Å². The summed E-state index contributed by atoms with van der Waals surface area (Å²) in [5.41, 5.74) is 1.72. The van der Waals surface area contributed by atoms with Crippen molar-refractivity contribution in [3.05, 3.63) is 23.5 Å². The Kier molecular flexibility index (Phi) is 4.81. The molecule has 1 N–H and O–H groups in total. The van der Waals surface area contributed by atoms with Crippen LogP contribution in [0.5, 0.6) is 0 Å². The molecule has 1 atom stereocenters. The molecule has 0 saturated carbocycles. The first-order chi connectivity index (χ1) is 10.6. The SMILES string of the molecule is Cc1[nH]ccc1C(=O)N1CCOC(CN2CCN(C)CC2)C1. The van der Waals surface area contributed by atoms with Crippen molar-refractivity contribution in [2.75, 3.05) is 59.5 Å². The molecule has 1 aromatic heterocycles. The molecule has 6 heteroatoms. The highest BCUT2D eigenvalue weighted by atomic mass is 16.5. The maximum absolute atomic E-state index is 12.6. The molecule has 2 aliphatic rings. The van der Waals surface area contributed by atoms with E-state index in [-0.39, 0.29) is 12.0 Å². The molecule has 2 aliphatic heterocycles. The largest absolute Gasteiger partial charge is 0.373 e. The first-order valence-corrected chi connectivity index (χ1v) is 8.09. The van der Waals surface area contributed by atoms with E-state index in [1.807, 2.05) is 24.1 Å². The molecule has 2 fully saturated rings. The Morgan fingerprint density at radius 1 is 1.32 bits per heavy atom. The number of carbonyl (C=O) groups excluding carboxylic acids is 1. The topological polar surface area (TPSA) is 51.8 Å². The highest BCUT2D eigenvalue weighted by Crippen LogP contribution is 2.14. The van der Waals surface area contributed by atoms with Crippen molar-refractivity contribution in [2.45, 2.75) is 13.0 Å². The Bertz CT molecular complexity index is 508. The summed E-state index contributed by atoms with van der Waals surface area (Å²) in [4.78, 5) is 22.4. The van der Waals surface area contributed by atoms with Gasteiger partial charge in [-0.2, -0.15) is 0 Å². The van der Waals surface area contributed by atoms with Gasteiger partial charge in [0.1, 0.15) is 0 Å².